The van der Waals surface area contributed by atoms with Crippen molar-refractivity contribution in [2.24, 2.45) is 5.92 Å². The van der Waals surface area contributed by atoms with Gasteiger partial charge in [-0.3, -0.25) is 0 Å². The smallest absolute Gasteiger partial charge is 0.146 e. The van der Waals surface area contributed by atoms with E-state index in [4.69, 9.17) is 0 Å². The van der Waals surface area contributed by atoms with E-state index in [1.165, 1.54) is 30.6 Å². The van der Waals surface area contributed by atoms with Gasteiger partial charge in [0.15, 0.2) is 0 Å². The molecule has 1 heterocycles. The van der Waals surface area contributed by atoms with Gasteiger partial charge in [-0.1, -0.05) is 25.0 Å². The molecule has 1 aliphatic carbocycles. The Bertz CT molecular complexity index is 558. The Balaban J connectivity index is 1.86. The van der Waals surface area contributed by atoms with E-state index < -0.39 is 0 Å². The Morgan fingerprint density at radius 3 is 2.70 bits per heavy atom. The predicted octanol–water partition coefficient (Wildman–Crippen LogP) is 5.54. The molecule has 0 bridgehead atoms. The zero-order valence-electron chi connectivity index (χ0n) is 11.7. The molecule has 0 spiro atoms. The van der Waals surface area contributed by atoms with E-state index in [1.807, 2.05) is 19.1 Å². The van der Waals surface area contributed by atoms with Crippen molar-refractivity contribution < 1.29 is 4.39 Å². The summed E-state index contributed by atoms with van der Waals surface area (Å²) in [5.41, 5.74) is 1.59. The van der Waals surface area contributed by atoms with Crippen molar-refractivity contribution in [1.82, 2.24) is 0 Å². The molecular weight excluding hydrogens is 269 g/mol. The van der Waals surface area contributed by atoms with Crippen LogP contribution >= 0.6 is 11.3 Å². The summed E-state index contributed by atoms with van der Waals surface area (Å²) in [6.07, 6.45) is 5.07. The Morgan fingerprint density at radius 1 is 1.25 bits per heavy atom. The highest BCUT2D eigenvalue weighted by Gasteiger charge is 2.27. The Hall–Kier alpha value is -1.35. The Kier molecular flexibility index (Phi) is 4.06. The number of aryl methyl sites for hydroxylation is 1. The van der Waals surface area contributed by atoms with Crippen LogP contribution in [0.2, 0.25) is 0 Å². The average Bonchev–Trinajstić information content (AvgIpc) is 3.11. The molecule has 1 aliphatic rings. The summed E-state index contributed by atoms with van der Waals surface area (Å²) in [7, 11) is 0. The zero-order chi connectivity index (χ0) is 13.9. The minimum absolute atomic E-state index is 0.149. The van der Waals surface area contributed by atoms with Crippen LogP contribution in [0.3, 0.4) is 0 Å². The molecule has 0 saturated heterocycles. The molecule has 2 aromatic rings. The van der Waals surface area contributed by atoms with Crippen molar-refractivity contribution in [1.29, 1.82) is 0 Å². The molecule has 0 aliphatic heterocycles. The molecule has 0 amide bonds. The summed E-state index contributed by atoms with van der Waals surface area (Å²) >= 11 is 1.76. The molecule has 106 valence electrons. The highest BCUT2D eigenvalue weighted by molar-refractivity contribution is 7.10. The maximum Gasteiger partial charge on any atom is 0.146 e. The maximum atomic E-state index is 14.1. The topological polar surface area (TPSA) is 12.0 Å². The number of halogens is 1. The third kappa shape index (κ3) is 2.88. The number of thiophene rings is 1. The number of benzene rings is 1. The molecule has 1 unspecified atom stereocenters. The third-order valence-corrected chi connectivity index (χ3v) is 5.11. The summed E-state index contributed by atoms with van der Waals surface area (Å²) in [6, 6.07) is 9.91. The van der Waals surface area contributed by atoms with Gasteiger partial charge in [-0.15, -0.1) is 11.3 Å². The Morgan fingerprint density at radius 2 is 2.05 bits per heavy atom. The minimum atomic E-state index is -0.149. The summed E-state index contributed by atoms with van der Waals surface area (Å²) < 4.78 is 14.1. The van der Waals surface area contributed by atoms with E-state index in [1.54, 1.807) is 17.4 Å². The second-order valence-electron chi connectivity index (χ2n) is 5.67. The Labute approximate surface area is 123 Å². The zero-order valence-corrected chi connectivity index (χ0v) is 12.5. The van der Waals surface area contributed by atoms with Gasteiger partial charge < -0.3 is 5.32 Å². The van der Waals surface area contributed by atoms with Gasteiger partial charge >= 0.3 is 0 Å². The van der Waals surface area contributed by atoms with Crippen molar-refractivity contribution in [3.8, 4) is 0 Å². The molecule has 1 atom stereocenters. The lowest BCUT2D eigenvalue weighted by Crippen LogP contribution is -2.18. The van der Waals surface area contributed by atoms with Gasteiger partial charge in [-0.25, -0.2) is 4.39 Å². The van der Waals surface area contributed by atoms with Crippen LogP contribution in [-0.2, 0) is 0 Å². The molecule has 1 nitrogen and oxygen atoms in total. The molecule has 1 fully saturated rings. The van der Waals surface area contributed by atoms with Gasteiger partial charge in [-0.2, -0.15) is 0 Å². The highest BCUT2D eigenvalue weighted by Crippen LogP contribution is 2.39. The first-order valence-electron chi connectivity index (χ1n) is 7.30. The monoisotopic (exact) mass is 289 g/mol. The quantitative estimate of drug-likeness (QED) is 0.779. The summed E-state index contributed by atoms with van der Waals surface area (Å²) in [4.78, 5) is 1.32. The predicted molar refractivity (Wildman–Crippen MR) is 83.8 cm³/mol. The van der Waals surface area contributed by atoms with Gasteiger partial charge in [0.1, 0.15) is 5.82 Å². The van der Waals surface area contributed by atoms with Crippen molar-refractivity contribution in [2.75, 3.05) is 5.32 Å². The second kappa shape index (κ2) is 5.96. The molecule has 1 N–H and O–H groups in total. The standard InChI is InChI=1S/C17H20FNS/c1-12-8-9-15(14(18)11-12)19-17(13-5-2-3-6-13)16-7-4-10-20-16/h4,7-11,13,17,19H,2-3,5-6H2,1H3. The number of rotatable bonds is 4. The maximum absolute atomic E-state index is 14.1. The summed E-state index contributed by atoms with van der Waals surface area (Å²) in [5, 5.41) is 5.56. The second-order valence-corrected chi connectivity index (χ2v) is 6.64. The highest BCUT2D eigenvalue weighted by atomic mass is 32.1. The number of hydrogen-bond donors (Lipinski definition) is 1. The number of nitrogens with one attached hydrogen (secondary N) is 1. The van der Waals surface area contributed by atoms with E-state index in [-0.39, 0.29) is 11.9 Å². The first-order valence-corrected chi connectivity index (χ1v) is 8.18. The van der Waals surface area contributed by atoms with E-state index in [2.05, 4.69) is 22.8 Å². The molecule has 1 saturated carbocycles. The van der Waals surface area contributed by atoms with Gasteiger partial charge in [0.2, 0.25) is 0 Å². The SMILES string of the molecule is Cc1ccc(NC(c2cccs2)C2CCCC2)c(F)c1. The molecule has 20 heavy (non-hydrogen) atoms. The molecule has 3 rings (SSSR count). The van der Waals surface area contributed by atoms with Crippen LogP contribution in [0.4, 0.5) is 10.1 Å². The molecule has 0 radical (unpaired) electrons. The lowest BCUT2D eigenvalue weighted by Gasteiger charge is -2.25. The van der Waals surface area contributed by atoms with Gasteiger partial charge in [0, 0.05) is 4.88 Å². The van der Waals surface area contributed by atoms with Crippen LogP contribution in [0.15, 0.2) is 35.7 Å². The van der Waals surface area contributed by atoms with Crippen LogP contribution in [0.25, 0.3) is 0 Å². The molecule has 3 heteroatoms. The van der Waals surface area contributed by atoms with Crippen LogP contribution < -0.4 is 5.32 Å². The molecule has 1 aromatic heterocycles. The van der Waals surface area contributed by atoms with Crippen molar-refractivity contribution in [2.45, 2.75) is 38.6 Å². The summed E-state index contributed by atoms with van der Waals surface area (Å²) in [6.45, 7) is 1.92. The lowest BCUT2D eigenvalue weighted by molar-refractivity contribution is 0.473. The van der Waals surface area contributed by atoms with Crippen LogP contribution in [0.1, 0.15) is 42.2 Å². The fraction of sp³-hybridized carbons (Fsp3) is 0.412. The summed E-state index contributed by atoms with van der Waals surface area (Å²) in [5.74, 6) is 0.471. The third-order valence-electron chi connectivity index (χ3n) is 4.16. The van der Waals surface area contributed by atoms with Crippen LogP contribution in [0.5, 0.6) is 0 Å². The molecular formula is C17H20FNS. The fourth-order valence-electron chi connectivity index (χ4n) is 3.08. The van der Waals surface area contributed by atoms with E-state index in [0.29, 0.717) is 11.6 Å². The van der Waals surface area contributed by atoms with Gasteiger partial charge in [0.05, 0.1) is 11.7 Å². The first-order chi connectivity index (χ1) is 9.74. The van der Waals surface area contributed by atoms with Crippen molar-refractivity contribution >= 4 is 17.0 Å². The van der Waals surface area contributed by atoms with E-state index in [0.717, 1.165) is 5.56 Å². The fourth-order valence-corrected chi connectivity index (χ4v) is 3.95. The normalized spacial score (nSPS) is 17.3. The van der Waals surface area contributed by atoms with E-state index in [9.17, 15) is 4.39 Å². The van der Waals surface area contributed by atoms with Crippen LogP contribution in [-0.4, -0.2) is 0 Å². The largest absolute Gasteiger partial charge is 0.375 e. The van der Waals surface area contributed by atoms with Gasteiger partial charge in [-0.05, 0) is 54.8 Å². The van der Waals surface area contributed by atoms with Gasteiger partial charge in [0.25, 0.3) is 0 Å². The van der Waals surface area contributed by atoms with Crippen molar-refractivity contribution in [3.63, 3.8) is 0 Å². The molecule has 1 aromatic carbocycles. The minimum Gasteiger partial charge on any atom is -0.375 e. The van der Waals surface area contributed by atoms with E-state index >= 15 is 0 Å². The first kappa shape index (κ1) is 13.6. The van der Waals surface area contributed by atoms with Crippen molar-refractivity contribution in [3.05, 3.63) is 52.0 Å². The number of anilines is 1. The van der Waals surface area contributed by atoms with Crippen LogP contribution in [0, 0.1) is 18.7 Å². The lowest BCUT2D eigenvalue weighted by atomic mass is 9.96. The average molecular weight is 289 g/mol. The number of hydrogen-bond acceptors (Lipinski definition) is 2.